The second kappa shape index (κ2) is 6.85. The van der Waals surface area contributed by atoms with Crippen molar-refractivity contribution in [2.24, 2.45) is 5.41 Å². The summed E-state index contributed by atoms with van der Waals surface area (Å²) in [4.78, 5) is 2.41. The van der Waals surface area contributed by atoms with Crippen LogP contribution in [0.2, 0.25) is 0 Å². The van der Waals surface area contributed by atoms with Gasteiger partial charge in [0.1, 0.15) is 0 Å². The first kappa shape index (κ1) is 14.3. The summed E-state index contributed by atoms with van der Waals surface area (Å²) in [6.45, 7) is 9.08. The number of nitrogens with zero attached hydrogens (tertiary/aromatic N) is 1. The maximum Gasteiger partial charge on any atom is 0.0679 e. The summed E-state index contributed by atoms with van der Waals surface area (Å²) < 4.78 is 5.72. The van der Waals surface area contributed by atoms with Crippen LogP contribution in [0.3, 0.4) is 0 Å². The van der Waals surface area contributed by atoms with Crippen molar-refractivity contribution in [2.45, 2.75) is 38.7 Å². The van der Waals surface area contributed by atoms with Crippen molar-refractivity contribution in [2.75, 3.05) is 45.9 Å². The first-order valence-corrected chi connectivity index (χ1v) is 7.43. The van der Waals surface area contributed by atoms with Gasteiger partial charge in [-0.1, -0.05) is 6.92 Å². The molecule has 2 saturated heterocycles. The Morgan fingerprint density at radius 3 is 3.00 bits per heavy atom. The molecule has 0 aromatic heterocycles. The second-order valence-corrected chi connectivity index (χ2v) is 6.01. The Labute approximate surface area is 111 Å². The van der Waals surface area contributed by atoms with E-state index in [2.05, 4.69) is 17.1 Å². The molecule has 0 aliphatic carbocycles. The van der Waals surface area contributed by atoms with Crippen molar-refractivity contribution in [1.82, 2.24) is 10.2 Å². The molecule has 2 aliphatic rings. The molecule has 0 aromatic carbocycles. The van der Waals surface area contributed by atoms with Crippen molar-refractivity contribution < 1.29 is 9.84 Å². The summed E-state index contributed by atoms with van der Waals surface area (Å²) in [6.07, 6.45) is 4.41. The molecule has 2 N–H and O–H groups in total. The third-order valence-electron chi connectivity index (χ3n) is 4.14. The normalized spacial score (nSPS) is 34.0. The fourth-order valence-electron chi connectivity index (χ4n) is 3.19. The lowest BCUT2D eigenvalue weighted by Gasteiger charge is -2.40. The van der Waals surface area contributed by atoms with Gasteiger partial charge in [-0.05, 0) is 32.2 Å². The highest BCUT2D eigenvalue weighted by molar-refractivity contribution is 4.89. The van der Waals surface area contributed by atoms with E-state index in [9.17, 15) is 5.11 Å². The van der Waals surface area contributed by atoms with Gasteiger partial charge in [-0.2, -0.15) is 0 Å². The van der Waals surface area contributed by atoms with E-state index >= 15 is 0 Å². The van der Waals surface area contributed by atoms with E-state index in [0.29, 0.717) is 0 Å². The van der Waals surface area contributed by atoms with Crippen LogP contribution in [0.25, 0.3) is 0 Å². The van der Waals surface area contributed by atoms with Crippen LogP contribution < -0.4 is 5.32 Å². The van der Waals surface area contributed by atoms with E-state index in [-0.39, 0.29) is 11.5 Å². The molecule has 0 aromatic rings. The zero-order chi connectivity index (χ0) is 12.8. The molecule has 0 amide bonds. The molecule has 0 saturated carbocycles. The van der Waals surface area contributed by atoms with Gasteiger partial charge in [-0.25, -0.2) is 0 Å². The maximum atomic E-state index is 9.64. The number of rotatable bonds is 6. The Morgan fingerprint density at radius 2 is 2.39 bits per heavy atom. The third-order valence-corrected chi connectivity index (χ3v) is 4.14. The smallest absolute Gasteiger partial charge is 0.0679 e. The van der Waals surface area contributed by atoms with Crippen LogP contribution in [-0.2, 0) is 4.74 Å². The summed E-state index contributed by atoms with van der Waals surface area (Å²) in [5.41, 5.74) is 0.261. The van der Waals surface area contributed by atoms with Gasteiger partial charge in [0.2, 0.25) is 0 Å². The average molecular weight is 256 g/mol. The van der Waals surface area contributed by atoms with Gasteiger partial charge >= 0.3 is 0 Å². The highest BCUT2D eigenvalue weighted by Crippen LogP contribution is 2.30. The van der Waals surface area contributed by atoms with Gasteiger partial charge in [0.15, 0.2) is 0 Å². The Hall–Kier alpha value is -0.160. The quantitative estimate of drug-likeness (QED) is 0.692. The lowest BCUT2D eigenvalue weighted by Crippen LogP contribution is -2.48. The highest BCUT2D eigenvalue weighted by Gasteiger charge is 2.36. The number of likely N-dealkylation sites (tertiary alicyclic amines) is 1. The average Bonchev–Trinajstić information content (AvgIpc) is 2.76. The zero-order valence-electron chi connectivity index (χ0n) is 11.7. The van der Waals surface area contributed by atoms with Crippen molar-refractivity contribution in [1.29, 1.82) is 0 Å². The molecule has 0 bridgehead atoms. The molecule has 18 heavy (non-hydrogen) atoms. The minimum absolute atomic E-state index is 0.116. The Morgan fingerprint density at radius 1 is 1.50 bits per heavy atom. The molecule has 2 heterocycles. The number of aliphatic hydroxyl groups is 1. The molecule has 4 nitrogen and oxygen atoms in total. The molecule has 2 unspecified atom stereocenters. The van der Waals surface area contributed by atoms with Crippen molar-refractivity contribution in [3.8, 4) is 0 Å². The van der Waals surface area contributed by atoms with Crippen LogP contribution in [0.4, 0.5) is 0 Å². The van der Waals surface area contributed by atoms with Crippen LogP contribution in [0.1, 0.15) is 32.6 Å². The van der Waals surface area contributed by atoms with Gasteiger partial charge in [0.05, 0.1) is 12.7 Å². The van der Waals surface area contributed by atoms with Gasteiger partial charge < -0.3 is 15.2 Å². The summed E-state index contributed by atoms with van der Waals surface area (Å²) in [6, 6.07) is 0. The summed E-state index contributed by atoms with van der Waals surface area (Å²) in [5.74, 6) is 0. The summed E-state index contributed by atoms with van der Waals surface area (Å²) >= 11 is 0. The van der Waals surface area contributed by atoms with Crippen molar-refractivity contribution >= 4 is 0 Å². The van der Waals surface area contributed by atoms with E-state index in [1.807, 2.05) is 0 Å². The van der Waals surface area contributed by atoms with Gasteiger partial charge in [-0.3, -0.25) is 4.90 Å². The zero-order valence-corrected chi connectivity index (χ0v) is 11.7. The van der Waals surface area contributed by atoms with Crippen LogP contribution in [0, 0.1) is 5.41 Å². The molecule has 2 rings (SSSR count). The van der Waals surface area contributed by atoms with E-state index in [4.69, 9.17) is 4.74 Å². The molecule has 0 spiro atoms. The predicted octanol–water partition coefficient (Wildman–Crippen LogP) is 0.849. The van der Waals surface area contributed by atoms with E-state index in [1.54, 1.807) is 0 Å². The SMILES string of the molecule is CCCNCC1(CN2CCC(O)C2)CCCOC1. The fourth-order valence-corrected chi connectivity index (χ4v) is 3.19. The lowest BCUT2D eigenvalue weighted by molar-refractivity contribution is -0.0242. The minimum atomic E-state index is -0.116. The second-order valence-electron chi connectivity index (χ2n) is 6.01. The highest BCUT2D eigenvalue weighted by atomic mass is 16.5. The largest absolute Gasteiger partial charge is 0.392 e. The predicted molar refractivity (Wildman–Crippen MR) is 72.7 cm³/mol. The first-order valence-electron chi connectivity index (χ1n) is 7.43. The van der Waals surface area contributed by atoms with Gasteiger partial charge in [0.25, 0.3) is 0 Å². The van der Waals surface area contributed by atoms with E-state index in [1.165, 1.54) is 19.3 Å². The Bertz CT molecular complexity index is 242. The number of ether oxygens (including phenoxy) is 1. The summed E-state index contributed by atoms with van der Waals surface area (Å²) in [7, 11) is 0. The molecular weight excluding hydrogens is 228 g/mol. The van der Waals surface area contributed by atoms with Gasteiger partial charge in [-0.15, -0.1) is 0 Å². The number of aliphatic hydroxyl groups excluding tert-OH is 1. The lowest BCUT2D eigenvalue weighted by atomic mass is 9.81. The number of hydrogen-bond acceptors (Lipinski definition) is 4. The number of β-amino-alcohol motifs (C(OH)–C–C–N with tert-alkyl or cyclic N) is 1. The molecule has 4 heteroatoms. The molecule has 0 radical (unpaired) electrons. The van der Waals surface area contributed by atoms with Crippen LogP contribution in [0.5, 0.6) is 0 Å². The van der Waals surface area contributed by atoms with Crippen molar-refractivity contribution in [3.63, 3.8) is 0 Å². The van der Waals surface area contributed by atoms with Crippen molar-refractivity contribution in [3.05, 3.63) is 0 Å². The first-order chi connectivity index (χ1) is 8.74. The molecular formula is C14H28N2O2. The van der Waals surface area contributed by atoms with Crippen LogP contribution >= 0.6 is 0 Å². The van der Waals surface area contributed by atoms with Gasteiger partial charge in [0, 0.05) is 38.2 Å². The molecule has 106 valence electrons. The number of hydrogen-bond donors (Lipinski definition) is 2. The molecule has 2 fully saturated rings. The van der Waals surface area contributed by atoms with Crippen LogP contribution in [-0.4, -0.2) is 62.0 Å². The molecule has 2 aliphatic heterocycles. The monoisotopic (exact) mass is 256 g/mol. The van der Waals surface area contributed by atoms with E-state index in [0.717, 1.165) is 52.4 Å². The number of nitrogens with one attached hydrogen (secondary N) is 1. The standard InChI is InChI=1S/C14H28N2O2/c1-2-6-15-10-14(5-3-8-18-12-14)11-16-7-4-13(17)9-16/h13,15,17H,2-12H2,1H3. The Balaban J connectivity index is 1.86. The minimum Gasteiger partial charge on any atom is -0.392 e. The van der Waals surface area contributed by atoms with E-state index < -0.39 is 0 Å². The Kier molecular flexibility index (Phi) is 5.42. The maximum absolute atomic E-state index is 9.64. The van der Waals surface area contributed by atoms with Crippen LogP contribution in [0.15, 0.2) is 0 Å². The fraction of sp³-hybridized carbons (Fsp3) is 1.00. The summed E-state index contributed by atoms with van der Waals surface area (Å²) in [5, 5.41) is 13.2. The topological polar surface area (TPSA) is 44.7 Å². The third kappa shape index (κ3) is 3.92. The molecule has 2 atom stereocenters.